The first-order chi connectivity index (χ1) is 14.2. The second-order valence-electron chi connectivity index (χ2n) is 7.74. The summed E-state index contributed by atoms with van der Waals surface area (Å²) in [6.07, 6.45) is 0. The highest BCUT2D eigenvalue weighted by Crippen LogP contribution is 2.31. The molecule has 5 rings (SSSR count). The van der Waals surface area contributed by atoms with E-state index in [0.29, 0.717) is 11.3 Å². The number of aromatic nitrogens is 2. The van der Waals surface area contributed by atoms with E-state index in [0.717, 1.165) is 44.4 Å². The van der Waals surface area contributed by atoms with Crippen molar-refractivity contribution >= 4 is 18.0 Å². The summed E-state index contributed by atoms with van der Waals surface area (Å²) in [4.78, 5) is 22.5. The van der Waals surface area contributed by atoms with Crippen LogP contribution in [-0.2, 0) is 26.3 Å². The lowest BCUT2D eigenvalue weighted by atomic mass is 10.1. The molecule has 0 spiro atoms. The monoisotopic (exact) mass is 405 g/mol. The normalized spacial score (nSPS) is 16.6. The second-order valence-corrected chi connectivity index (χ2v) is 8.15. The molecule has 1 aromatic heterocycles. The van der Waals surface area contributed by atoms with E-state index in [2.05, 4.69) is 68.2 Å². The zero-order valence-electron chi connectivity index (χ0n) is 16.1. The van der Waals surface area contributed by atoms with Crippen LogP contribution in [0, 0.1) is 4.64 Å². The zero-order chi connectivity index (χ0) is 19.8. The zero-order valence-corrected chi connectivity index (χ0v) is 16.9. The molecule has 0 bridgehead atoms. The number of rotatable bonds is 4. The van der Waals surface area contributed by atoms with Gasteiger partial charge in [-0.2, -0.15) is 0 Å². The van der Waals surface area contributed by atoms with E-state index in [1.165, 1.54) is 11.1 Å². The summed E-state index contributed by atoms with van der Waals surface area (Å²) < 4.78 is 2.39. The molecule has 0 radical (unpaired) electrons. The molecule has 2 aliphatic heterocycles. The van der Waals surface area contributed by atoms with Gasteiger partial charge < -0.3 is 4.90 Å². The Morgan fingerprint density at radius 2 is 1.41 bits per heavy atom. The maximum absolute atomic E-state index is 12.7. The summed E-state index contributed by atoms with van der Waals surface area (Å²) in [5.41, 5.74) is 3.43. The van der Waals surface area contributed by atoms with Gasteiger partial charge in [0.2, 0.25) is 0 Å². The minimum absolute atomic E-state index is 0.131. The molecule has 29 heavy (non-hydrogen) atoms. The predicted octanol–water partition coefficient (Wildman–Crippen LogP) is 3.12. The summed E-state index contributed by atoms with van der Waals surface area (Å²) in [6.45, 7) is 4.50. The molecule has 7 heteroatoms. The number of anilines is 1. The van der Waals surface area contributed by atoms with Gasteiger partial charge in [-0.25, -0.2) is 4.79 Å². The topological polar surface area (TPSA) is 47.5 Å². The summed E-state index contributed by atoms with van der Waals surface area (Å²) in [5.74, 6) is 0.979. The number of nitrogens with zero attached hydrogens (tertiary/aromatic N) is 4. The fourth-order valence-electron chi connectivity index (χ4n) is 4.30. The van der Waals surface area contributed by atoms with E-state index in [4.69, 9.17) is 12.2 Å². The average molecular weight is 406 g/mol. The lowest BCUT2D eigenvalue weighted by Gasteiger charge is -2.45. The van der Waals surface area contributed by atoms with E-state index < -0.39 is 0 Å². The smallest absolute Gasteiger partial charge is 0.329 e. The largest absolute Gasteiger partial charge is 0.331 e. The Hall–Kier alpha value is -2.74. The van der Waals surface area contributed by atoms with E-state index in [1.54, 1.807) is 0 Å². The van der Waals surface area contributed by atoms with Crippen molar-refractivity contribution in [2.45, 2.75) is 26.3 Å². The molecule has 1 N–H and O–H groups in total. The van der Waals surface area contributed by atoms with Gasteiger partial charge in [-0.15, -0.1) is 0 Å². The molecule has 0 atom stereocenters. The van der Waals surface area contributed by atoms with E-state index in [1.807, 2.05) is 16.7 Å². The van der Waals surface area contributed by atoms with E-state index in [-0.39, 0.29) is 5.69 Å². The van der Waals surface area contributed by atoms with Crippen LogP contribution in [-0.4, -0.2) is 32.7 Å². The van der Waals surface area contributed by atoms with Gasteiger partial charge in [-0.1, -0.05) is 72.9 Å². The molecule has 148 valence electrons. The third kappa shape index (κ3) is 3.64. The Kier molecular flexibility index (Phi) is 4.79. The maximum atomic E-state index is 12.7. The van der Waals surface area contributed by atoms with Crippen molar-refractivity contribution in [2.75, 3.05) is 18.2 Å². The van der Waals surface area contributed by atoms with Crippen molar-refractivity contribution < 1.29 is 0 Å². The average Bonchev–Trinajstić information content (AvgIpc) is 2.73. The van der Waals surface area contributed by atoms with Crippen molar-refractivity contribution in [3.05, 3.63) is 92.5 Å². The molecule has 2 aliphatic rings. The molecular formula is C22H23N5OS. The quantitative estimate of drug-likeness (QED) is 0.676. The summed E-state index contributed by atoms with van der Waals surface area (Å²) in [7, 11) is 0. The second kappa shape index (κ2) is 7.59. The summed E-state index contributed by atoms with van der Waals surface area (Å²) >= 11 is 5.53. The predicted molar refractivity (Wildman–Crippen MR) is 116 cm³/mol. The van der Waals surface area contributed by atoms with Gasteiger partial charge in [0, 0.05) is 25.2 Å². The lowest BCUT2D eigenvalue weighted by molar-refractivity contribution is 0.145. The van der Waals surface area contributed by atoms with Crippen LogP contribution in [0.3, 0.4) is 0 Å². The SMILES string of the molecule is O=c1[nH]c(=S)c2c3n1CN(Cc1ccccc1)CN3CN(Cc1ccccc1)C2. The van der Waals surface area contributed by atoms with Gasteiger partial charge in [0.1, 0.15) is 10.5 Å². The third-order valence-corrected chi connectivity index (χ3v) is 5.88. The number of H-pyrrole nitrogens is 1. The Morgan fingerprint density at radius 1 is 0.828 bits per heavy atom. The molecule has 0 fully saturated rings. The number of hydrogen-bond acceptors (Lipinski definition) is 5. The van der Waals surface area contributed by atoms with Crippen molar-refractivity contribution in [2.24, 2.45) is 0 Å². The maximum Gasteiger partial charge on any atom is 0.329 e. The van der Waals surface area contributed by atoms with Gasteiger partial charge in [0.15, 0.2) is 0 Å². The highest BCUT2D eigenvalue weighted by atomic mass is 32.1. The van der Waals surface area contributed by atoms with Crippen LogP contribution in [0.5, 0.6) is 0 Å². The molecule has 0 saturated heterocycles. The highest BCUT2D eigenvalue weighted by Gasteiger charge is 2.32. The van der Waals surface area contributed by atoms with Crippen LogP contribution < -0.4 is 10.6 Å². The van der Waals surface area contributed by atoms with Gasteiger partial charge >= 0.3 is 5.69 Å². The fourth-order valence-corrected chi connectivity index (χ4v) is 4.55. The standard InChI is InChI=1S/C22H23N5OS/c28-22-23-20(29)19-13-24(11-17-7-3-1-4-8-17)14-26-15-25(16-27(22)21(19)26)12-18-9-5-2-6-10-18/h1-10H,11-16H2,(H,23,28,29). The molecule has 0 unspecified atom stereocenters. The summed E-state index contributed by atoms with van der Waals surface area (Å²) in [6, 6.07) is 20.9. The molecule has 2 aromatic carbocycles. The van der Waals surface area contributed by atoms with Crippen LogP contribution in [0.2, 0.25) is 0 Å². The third-order valence-electron chi connectivity index (χ3n) is 5.53. The number of hydrogen-bond donors (Lipinski definition) is 1. The van der Waals surface area contributed by atoms with E-state index >= 15 is 0 Å². The molecule has 3 aromatic rings. The Bertz CT molecular complexity index is 1040. The van der Waals surface area contributed by atoms with Crippen molar-refractivity contribution in [1.29, 1.82) is 0 Å². The number of nitrogens with one attached hydrogen (secondary N) is 1. The Balaban J connectivity index is 1.47. The van der Waals surface area contributed by atoms with Gasteiger partial charge in [-0.3, -0.25) is 19.4 Å². The number of aromatic amines is 1. The van der Waals surface area contributed by atoms with Gasteiger partial charge in [-0.05, 0) is 11.1 Å². The van der Waals surface area contributed by atoms with Gasteiger partial charge in [0.05, 0.1) is 20.0 Å². The first-order valence-electron chi connectivity index (χ1n) is 9.81. The first kappa shape index (κ1) is 18.3. The molecule has 6 nitrogen and oxygen atoms in total. The van der Waals surface area contributed by atoms with Crippen molar-refractivity contribution in [3.63, 3.8) is 0 Å². The number of benzene rings is 2. The van der Waals surface area contributed by atoms with Crippen LogP contribution in [0.1, 0.15) is 16.7 Å². The first-order valence-corrected chi connectivity index (χ1v) is 10.2. The van der Waals surface area contributed by atoms with Crippen molar-refractivity contribution in [1.82, 2.24) is 19.4 Å². The lowest BCUT2D eigenvalue weighted by Crippen LogP contribution is -2.54. The molecular weight excluding hydrogens is 382 g/mol. The van der Waals surface area contributed by atoms with Crippen LogP contribution in [0.4, 0.5) is 5.82 Å². The Morgan fingerprint density at radius 3 is 2.07 bits per heavy atom. The molecule has 3 heterocycles. The summed E-state index contributed by atoms with van der Waals surface area (Å²) in [5, 5.41) is 0. The van der Waals surface area contributed by atoms with Gasteiger partial charge in [0.25, 0.3) is 0 Å². The molecule has 0 amide bonds. The van der Waals surface area contributed by atoms with Crippen molar-refractivity contribution in [3.8, 4) is 0 Å². The Labute approximate surface area is 174 Å². The van der Waals surface area contributed by atoms with E-state index in [9.17, 15) is 4.79 Å². The minimum Gasteiger partial charge on any atom is -0.331 e. The molecule has 0 saturated carbocycles. The van der Waals surface area contributed by atoms with Crippen LogP contribution >= 0.6 is 12.2 Å². The fraction of sp³-hybridized carbons (Fsp3) is 0.273. The van der Waals surface area contributed by atoms with Crippen LogP contribution in [0.15, 0.2) is 65.5 Å². The van der Waals surface area contributed by atoms with Crippen LogP contribution in [0.25, 0.3) is 0 Å². The minimum atomic E-state index is -0.131. The highest BCUT2D eigenvalue weighted by molar-refractivity contribution is 7.71. The molecule has 0 aliphatic carbocycles.